The van der Waals surface area contributed by atoms with Crippen molar-refractivity contribution in [3.63, 3.8) is 0 Å². The van der Waals surface area contributed by atoms with Gasteiger partial charge in [0.05, 0.1) is 11.7 Å². The first-order chi connectivity index (χ1) is 10.6. The predicted octanol–water partition coefficient (Wildman–Crippen LogP) is 4.37. The Labute approximate surface area is 149 Å². The second-order valence-electron chi connectivity index (χ2n) is 10.1. The summed E-state index contributed by atoms with van der Waals surface area (Å²) in [6.45, 7) is 9.16. The molecule has 1 spiro atoms. The standard InChI is InChI=1S/C20H33BrO2/c1-11(2)13-9-14(22)12-10-20(13)8-7-18(3)15(21)5-6-19(4,23)17(18)16(12)20/h11-17,22-23H,5-10H2,1-4H3. The van der Waals surface area contributed by atoms with E-state index in [1.807, 2.05) is 0 Å². The molecule has 0 radical (unpaired) electrons. The highest BCUT2D eigenvalue weighted by Gasteiger charge is 2.73. The van der Waals surface area contributed by atoms with E-state index in [0.29, 0.717) is 39.8 Å². The minimum atomic E-state index is -0.577. The molecule has 0 aromatic carbocycles. The lowest BCUT2D eigenvalue weighted by Crippen LogP contribution is -2.73. The molecule has 0 aromatic heterocycles. The van der Waals surface area contributed by atoms with Crippen molar-refractivity contribution in [1.29, 1.82) is 0 Å². The minimum absolute atomic E-state index is 0.150. The van der Waals surface area contributed by atoms with E-state index < -0.39 is 5.60 Å². The van der Waals surface area contributed by atoms with Gasteiger partial charge in [-0.25, -0.2) is 0 Å². The Balaban J connectivity index is 1.79. The summed E-state index contributed by atoms with van der Waals surface area (Å²) in [5, 5.41) is 22.1. The van der Waals surface area contributed by atoms with E-state index in [1.165, 1.54) is 19.3 Å². The van der Waals surface area contributed by atoms with E-state index in [1.54, 1.807) is 0 Å². The summed E-state index contributed by atoms with van der Waals surface area (Å²) < 4.78 is 0. The highest BCUT2D eigenvalue weighted by atomic mass is 79.9. The van der Waals surface area contributed by atoms with Crippen LogP contribution in [-0.2, 0) is 0 Å². The summed E-state index contributed by atoms with van der Waals surface area (Å²) in [6.07, 6.45) is 6.54. The molecule has 0 amide bonds. The first-order valence-electron chi connectivity index (χ1n) is 9.68. The van der Waals surface area contributed by atoms with Crippen LogP contribution in [0.5, 0.6) is 0 Å². The number of hydrogen-bond donors (Lipinski definition) is 2. The molecule has 5 saturated carbocycles. The van der Waals surface area contributed by atoms with Crippen LogP contribution in [0.3, 0.4) is 0 Å². The van der Waals surface area contributed by atoms with Gasteiger partial charge in [-0.1, -0.05) is 36.7 Å². The van der Waals surface area contributed by atoms with E-state index in [0.717, 1.165) is 19.3 Å². The number of halogens is 1. The molecule has 0 heterocycles. The van der Waals surface area contributed by atoms with E-state index in [-0.39, 0.29) is 11.5 Å². The molecule has 5 aliphatic carbocycles. The molecule has 5 aliphatic rings. The maximum atomic E-state index is 11.3. The van der Waals surface area contributed by atoms with Crippen molar-refractivity contribution in [2.24, 2.45) is 40.4 Å². The van der Waals surface area contributed by atoms with Crippen LogP contribution in [0.25, 0.3) is 0 Å². The van der Waals surface area contributed by atoms with Gasteiger partial charge in [-0.15, -0.1) is 0 Å². The van der Waals surface area contributed by atoms with Gasteiger partial charge in [0.1, 0.15) is 0 Å². The zero-order valence-electron chi connectivity index (χ0n) is 15.1. The van der Waals surface area contributed by atoms with Crippen molar-refractivity contribution in [3.05, 3.63) is 0 Å². The lowest BCUT2D eigenvalue weighted by molar-refractivity contribution is -0.297. The van der Waals surface area contributed by atoms with Gasteiger partial charge in [0.2, 0.25) is 0 Å². The quantitative estimate of drug-likeness (QED) is 0.658. The molecule has 2 bridgehead atoms. The Morgan fingerprint density at radius 3 is 2.48 bits per heavy atom. The monoisotopic (exact) mass is 384 g/mol. The highest BCUT2D eigenvalue weighted by Crippen LogP contribution is 2.76. The third kappa shape index (κ3) is 1.99. The smallest absolute Gasteiger partial charge is 0.0656 e. The maximum absolute atomic E-state index is 11.3. The second kappa shape index (κ2) is 4.98. The minimum Gasteiger partial charge on any atom is -0.393 e. The first-order valence-corrected chi connectivity index (χ1v) is 10.6. The van der Waals surface area contributed by atoms with E-state index >= 15 is 0 Å². The van der Waals surface area contributed by atoms with Gasteiger partial charge >= 0.3 is 0 Å². The van der Waals surface area contributed by atoms with Crippen molar-refractivity contribution in [2.75, 3.05) is 0 Å². The molecule has 9 unspecified atom stereocenters. The molecule has 3 heteroatoms. The average Bonchev–Trinajstić information content (AvgIpc) is 2.45. The summed E-state index contributed by atoms with van der Waals surface area (Å²) in [4.78, 5) is 0.508. The molecular formula is C20H33BrO2. The van der Waals surface area contributed by atoms with Crippen LogP contribution < -0.4 is 0 Å². The number of aliphatic hydroxyl groups excluding tert-OH is 1. The molecule has 5 fully saturated rings. The number of hydrogen-bond acceptors (Lipinski definition) is 2. The van der Waals surface area contributed by atoms with Gasteiger partial charge in [0.15, 0.2) is 0 Å². The van der Waals surface area contributed by atoms with Crippen LogP contribution in [0, 0.1) is 40.4 Å². The second-order valence-corrected chi connectivity index (χ2v) is 11.2. The average molecular weight is 385 g/mol. The third-order valence-corrected chi connectivity index (χ3v) is 10.3. The van der Waals surface area contributed by atoms with Crippen LogP contribution in [-0.4, -0.2) is 26.7 Å². The predicted molar refractivity (Wildman–Crippen MR) is 96.4 cm³/mol. The fraction of sp³-hybridized carbons (Fsp3) is 1.00. The normalized spacial score (nSPS) is 61.6. The molecule has 0 aliphatic heterocycles. The Morgan fingerprint density at radius 1 is 1.13 bits per heavy atom. The summed E-state index contributed by atoms with van der Waals surface area (Å²) in [5.41, 5.74) is -0.00389. The first kappa shape index (κ1) is 16.8. The van der Waals surface area contributed by atoms with Gasteiger partial charge < -0.3 is 10.2 Å². The molecule has 2 N–H and O–H groups in total. The molecule has 0 aromatic rings. The van der Waals surface area contributed by atoms with Crippen LogP contribution in [0.4, 0.5) is 0 Å². The van der Waals surface area contributed by atoms with Gasteiger partial charge in [0.25, 0.3) is 0 Å². The molecule has 2 nitrogen and oxygen atoms in total. The van der Waals surface area contributed by atoms with E-state index in [4.69, 9.17) is 0 Å². The van der Waals surface area contributed by atoms with Crippen LogP contribution >= 0.6 is 15.9 Å². The van der Waals surface area contributed by atoms with Crippen LogP contribution in [0.1, 0.15) is 66.2 Å². The molecule has 132 valence electrons. The maximum Gasteiger partial charge on any atom is 0.0656 e. The fourth-order valence-corrected chi connectivity index (χ4v) is 8.54. The molecule has 5 rings (SSSR count). The molecule has 9 atom stereocenters. The summed E-state index contributed by atoms with van der Waals surface area (Å²) in [7, 11) is 0. The number of aliphatic hydroxyl groups is 2. The van der Waals surface area contributed by atoms with E-state index in [9.17, 15) is 10.2 Å². The summed E-state index contributed by atoms with van der Waals surface area (Å²) in [5.74, 6) is 2.54. The third-order valence-electron chi connectivity index (χ3n) is 8.76. The zero-order chi connectivity index (χ0) is 16.8. The van der Waals surface area contributed by atoms with Gasteiger partial charge in [-0.05, 0) is 85.9 Å². The molecular weight excluding hydrogens is 352 g/mol. The van der Waals surface area contributed by atoms with Gasteiger partial charge in [0, 0.05) is 4.83 Å². The zero-order valence-corrected chi connectivity index (χ0v) is 16.6. The van der Waals surface area contributed by atoms with Gasteiger partial charge in [-0.3, -0.25) is 0 Å². The number of fused-ring (bicyclic) bond motifs is 3. The van der Waals surface area contributed by atoms with Crippen molar-refractivity contribution in [1.82, 2.24) is 0 Å². The summed E-state index contributed by atoms with van der Waals surface area (Å²) in [6, 6.07) is 0. The largest absolute Gasteiger partial charge is 0.393 e. The Hall–Kier alpha value is 0.400. The topological polar surface area (TPSA) is 40.5 Å². The van der Waals surface area contributed by atoms with Crippen molar-refractivity contribution in [2.45, 2.75) is 82.8 Å². The van der Waals surface area contributed by atoms with Crippen LogP contribution in [0.2, 0.25) is 0 Å². The number of alkyl halides is 1. The lowest BCUT2D eigenvalue weighted by Gasteiger charge is -2.75. The molecule has 0 saturated heterocycles. The van der Waals surface area contributed by atoms with Crippen molar-refractivity contribution < 1.29 is 10.2 Å². The number of rotatable bonds is 1. The van der Waals surface area contributed by atoms with Crippen molar-refractivity contribution in [3.8, 4) is 0 Å². The van der Waals surface area contributed by atoms with E-state index in [2.05, 4.69) is 43.6 Å². The Kier molecular flexibility index (Phi) is 3.65. The summed E-state index contributed by atoms with van der Waals surface area (Å²) >= 11 is 3.97. The van der Waals surface area contributed by atoms with Gasteiger partial charge in [-0.2, -0.15) is 0 Å². The highest BCUT2D eigenvalue weighted by molar-refractivity contribution is 9.09. The lowest BCUT2D eigenvalue weighted by atomic mass is 9.30. The van der Waals surface area contributed by atoms with Crippen molar-refractivity contribution >= 4 is 15.9 Å². The SMILES string of the molecule is CC(C)C1CC(O)C2CC13CCC1(C)C(Br)CCC(C)(O)C1C23. The fourth-order valence-electron chi connectivity index (χ4n) is 7.80. The van der Waals surface area contributed by atoms with Crippen LogP contribution in [0.15, 0.2) is 0 Å². The molecule has 23 heavy (non-hydrogen) atoms. The Bertz CT molecular complexity index is 504. The Morgan fingerprint density at radius 2 is 1.83 bits per heavy atom.